The van der Waals surface area contributed by atoms with Gasteiger partial charge in [-0.05, 0) is 68.9 Å². The molecule has 1 saturated carbocycles. The largest absolute Gasteiger partial charge is 0.495 e. The van der Waals surface area contributed by atoms with Crippen molar-refractivity contribution < 1.29 is 33.4 Å². The van der Waals surface area contributed by atoms with Gasteiger partial charge in [-0.15, -0.1) is 4.98 Å². The normalized spacial score (nSPS) is 18.2. The van der Waals surface area contributed by atoms with Gasteiger partial charge in [0.25, 0.3) is 17.6 Å². The number of anilines is 4. The van der Waals surface area contributed by atoms with Gasteiger partial charge in [0.1, 0.15) is 24.1 Å². The van der Waals surface area contributed by atoms with E-state index in [1.165, 1.54) is 12.0 Å². The number of piperidine rings is 1. The van der Waals surface area contributed by atoms with E-state index in [9.17, 15) is 24.0 Å². The first-order valence-corrected chi connectivity index (χ1v) is 20.7. The molecule has 1 unspecified atom stereocenters. The van der Waals surface area contributed by atoms with Crippen LogP contribution >= 0.6 is 0 Å². The zero-order valence-corrected chi connectivity index (χ0v) is 34.0. The van der Waals surface area contributed by atoms with Crippen molar-refractivity contribution in [3.05, 3.63) is 82.7 Å². The Balaban J connectivity index is 0.811. The summed E-state index contributed by atoms with van der Waals surface area (Å²) in [6.45, 7) is 10.5. The summed E-state index contributed by atoms with van der Waals surface area (Å²) >= 11 is 0. The first-order chi connectivity index (χ1) is 29.7. The van der Waals surface area contributed by atoms with Crippen LogP contribution in [0.5, 0.6) is 5.75 Å². The van der Waals surface area contributed by atoms with Gasteiger partial charge in [0.05, 0.1) is 30.7 Å². The van der Waals surface area contributed by atoms with E-state index in [1.807, 2.05) is 4.57 Å². The van der Waals surface area contributed by atoms with Gasteiger partial charge >= 0.3 is 0 Å². The van der Waals surface area contributed by atoms with Gasteiger partial charge in [-0.25, -0.2) is 4.98 Å². The van der Waals surface area contributed by atoms with Crippen molar-refractivity contribution >= 4 is 58.5 Å². The molecule has 2 atom stereocenters. The van der Waals surface area contributed by atoms with E-state index < -0.39 is 11.9 Å². The zero-order valence-electron chi connectivity index (χ0n) is 34.0. The maximum atomic E-state index is 13.1. The second-order valence-electron chi connectivity index (χ2n) is 15.4. The number of hydrogen-bond acceptors (Lipinski definition) is 12. The average Bonchev–Trinajstić information content (AvgIpc) is 4.03. The van der Waals surface area contributed by atoms with E-state index in [0.29, 0.717) is 77.6 Å². The molecule has 3 aliphatic heterocycles. The van der Waals surface area contributed by atoms with Crippen LogP contribution in [0.15, 0.2) is 48.9 Å². The molecule has 8 rings (SSSR count). The fourth-order valence-electron chi connectivity index (χ4n) is 8.75. The summed E-state index contributed by atoms with van der Waals surface area (Å²) < 4.78 is 13.2. The predicted molar refractivity (Wildman–Crippen MR) is 223 cm³/mol. The highest BCUT2D eigenvalue weighted by atomic mass is 16.5. The summed E-state index contributed by atoms with van der Waals surface area (Å²) in [5.41, 5.74) is 4.14. The molecule has 0 spiro atoms. The lowest BCUT2D eigenvalue weighted by Gasteiger charge is -2.42. The van der Waals surface area contributed by atoms with Crippen LogP contribution in [0.3, 0.4) is 0 Å². The second-order valence-corrected chi connectivity index (χ2v) is 15.4. The van der Waals surface area contributed by atoms with Crippen molar-refractivity contribution in [2.75, 3.05) is 42.4 Å². The molecular formula is C43H47N11O7. The van der Waals surface area contributed by atoms with E-state index in [-0.39, 0.29) is 55.7 Å². The zero-order chi connectivity index (χ0) is 42.6. The Morgan fingerprint density at radius 1 is 1.05 bits per heavy atom. The highest BCUT2D eigenvalue weighted by Gasteiger charge is 2.41. The van der Waals surface area contributed by atoms with E-state index in [1.54, 1.807) is 48.9 Å². The molecule has 4 N–H and O–H groups in total. The van der Waals surface area contributed by atoms with Crippen LogP contribution in [0, 0.1) is 6.57 Å². The van der Waals surface area contributed by atoms with Gasteiger partial charge in [-0.3, -0.25) is 33.9 Å². The number of benzene rings is 2. The van der Waals surface area contributed by atoms with Crippen molar-refractivity contribution in [2.45, 2.75) is 89.4 Å². The number of imidazole rings is 1. The van der Waals surface area contributed by atoms with Crippen molar-refractivity contribution in [1.29, 1.82) is 0 Å². The lowest BCUT2D eigenvalue weighted by atomic mass is 10.0. The number of carbonyl (C=O) groups excluding carboxylic acids is 5. The molecule has 1 aliphatic carbocycles. The maximum absolute atomic E-state index is 13.1. The number of aromatic nitrogens is 4. The summed E-state index contributed by atoms with van der Waals surface area (Å²) in [5.74, 6) is 0.171. The molecule has 0 bridgehead atoms. The maximum Gasteiger partial charge on any atom is 0.293 e. The lowest BCUT2D eigenvalue weighted by molar-refractivity contribution is -0.137. The molecule has 2 aromatic carbocycles. The first-order valence-electron chi connectivity index (χ1n) is 20.7. The molecule has 5 amide bonds. The first kappa shape index (κ1) is 40.9. The van der Waals surface area contributed by atoms with Crippen LogP contribution in [0.2, 0.25) is 0 Å². The van der Waals surface area contributed by atoms with Crippen molar-refractivity contribution in [3.63, 3.8) is 0 Å². The minimum atomic E-state index is -0.750. The standard InChI is InChI=1S/C43H47N11O7/c1-4-31-37-38(44-2)47-24-53(37)33-21-46-43(51-39(33)54(31)26-10-5-6-11-26)49-30-15-14-25(20-34(30)60-3)40(57)45-18-7-8-19-61-23-36(56)48-29-13-9-12-27-28(29)22-52(42(27)59)32-16-17-35(55)50-41(32)58/h9,12-15,20-21,24,26,31-32H,4-8,10-11,16-19,22-23H2,1,3H3,(H,45,57)(H,48,56)(H,46,49,51)(H,50,55,58)/t31-,32?/m1/s1. The van der Waals surface area contributed by atoms with Crippen LogP contribution in [-0.2, 0) is 25.7 Å². The van der Waals surface area contributed by atoms with Crippen LogP contribution in [0.25, 0.3) is 10.5 Å². The Hall–Kier alpha value is -6.87. The van der Waals surface area contributed by atoms with Crippen molar-refractivity contribution in [2.24, 2.45) is 0 Å². The fourth-order valence-corrected chi connectivity index (χ4v) is 8.75. The molecule has 1 saturated heterocycles. The Bertz CT molecular complexity index is 2420. The predicted octanol–water partition coefficient (Wildman–Crippen LogP) is 5.11. The van der Waals surface area contributed by atoms with E-state index in [2.05, 4.69) is 47.9 Å². The summed E-state index contributed by atoms with van der Waals surface area (Å²) in [4.78, 5) is 84.5. The monoisotopic (exact) mass is 829 g/mol. The molecule has 4 aliphatic rings. The summed E-state index contributed by atoms with van der Waals surface area (Å²) in [6.07, 6.45) is 10.2. The summed E-state index contributed by atoms with van der Waals surface area (Å²) in [5, 5.41) is 11.3. The third-order valence-electron chi connectivity index (χ3n) is 11.7. The SMILES string of the molecule is [C-]#[N+]c1ncn2c1[C@@H](CC)N(C1CCCC1)c1nc(Nc3ccc(C(=O)NCCCCOCC(=O)Nc4cccc5c4CN(C4CCC(=O)NC4=O)C5=O)cc3OC)ncc1-2. The molecule has 2 fully saturated rings. The fraction of sp³-hybridized carbons (Fsp3) is 0.419. The van der Waals surface area contributed by atoms with Crippen LogP contribution in [0.4, 0.5) is 29.0 Å². The van der Waals surface area contributed by atoms with Gasteiger partial charge < -0.3 is 40.1 Å². The quantitative estimate of drug-likeness (QED) is 0.0702. The topological polar surface area (TPSA) is 206 Å². The minimum Gasteiger partial charge on any atom is -0.495 e. The Morgan fingerprint density at radius 3 is 2.66 bits per heavy atom. The molecule has 4 aromatic rings. The number of fused-ring (bicyclic) bond motifs is 4. The van der Waals surface area contributed by atoms with Crippen molar-refractivity contribution in [1.82, 2.24) is 35.1 Å². The van der Waals surface area contributed by atoms with E-state index in [4.69, 9.17) is 21.0 Å². The van der Waals surface area contributed by atoms with Gasteiger partial charge in [0.15, 0.2) is 12.1 Å². The molecule has 18 nitrogen and oxygen atoms in total. The minimum absolute atomic E-state index is 0.0447. The molecule has 2 aromatic heterocycles. The number of hydrogen-bond donors (Lipinski definition) is 4. The van der Waals surface area contributed by atoms with Gasteiger partial charge in [0.2, 0.25) is 23.7 Å². The van der Waals surface area contributed by atoms with Crippen LogP contribution < -0.4 is 30.9 Å². The summed E-state index contributed by atoms with van der Waals surface area (Å²) in [6, 6.07) is 9.62. The summed E-state index contributed by atoms with van der Waals surface area (Å²) in [7, 11) is 1.53. The Morgan fingerprint density at radius 2 is 1.89 bits per heavy atom. The number of nitrogens with zero attached hydrogens (tertiary/aromatic N) is 7. The molecule has 5 heterocycles. The highest BCUT2D eigenvalue weighted by molar-refractivity contribution is 6.07. The van der Waals surface area contributed by atoms with Gasteiger partial charge in [-0.2, -0.15) is 4.98 Å². The van der Waals surface area contributed by atoms with Gasteiger partial charge in [-0.1, -0.05) is 32.4 Å². The molecule has 316 valence electrons. The third kappa shape index (κ3) is 8.20. The molecular weight excluding hydrogens is 783 g/mol. The number of rotatable bonds is 15. The number of carbonyl (C=O) groups is 5. The van der Waals surface area contributed by atoms with Crippen LogP contribution in [-0.4, -0.2) is 92.9 Å². The third-order valence-corrected chi connectivity index (χ3v) is 11.7. The van der Waals surface area contributed by atoms with Crippen LogP contribution in [0.1, 0.15) is 103 Å². The van der Waals surface area contributed by atoms with Gasteiger partial charge in [0, 0.05) is 54.5 Å². The average molecular weight is 830 g/mol. The lowest BCUT2D eigenvalue weighted by Crippen LogP contribution is -2.52. The number of amides is 5. The Kier molecular flexibility index (Phi) is 11.9. The number of ether oxygens (including phenoxy) is 2. The smallest absolute Gasteiger partial charge is 0.293 e. The number of methoxy groups -OCH3 is 1. The molecule has 61 heavy (non-hydrogen) atoms. The number of nitrogens with one attached hydrogen (secondary N) is 4. The van der Waals surface area contributed by atoms with Crippen molar-refractivity contribution in [3.8, 4) is 11.4 Å². The van der Waals surface area contributed by atoms with E-state index in [0.717, 1.165) is 49.3 Å². The molecule has 0 radical (unpaired) electrons. The molecule has 18 heteroatoms. The second kappa shape index (κ2) is 17.8. The Labute approximate surface area is 352 Å². The number of imide groups is 1. The van der Waals surface area contributed by atoms with E-state index >= 15 is 0 Å². The number of unbranched alkanes of at least 4 members (excludes halogenated alkanes) is 1. The highest BCUT2D eigenvalue weighted by Crippen LogP contribution is 2.46.